The molecule has 2 heterocycles. The smallest absolute Gasteiger partial charge is 0.276 e. The van der Waals surface area contributed by atoms with Crippen molar-refractivity contribution in [2.24, 2.45) is 0 Å². The fourth-order valence-corrected chi connectivity index (χ4v) is 3.94. The second-order valence-corrected chi connectivity index (χ2v) is 8.30. The molecule has 2 aromatic heterocycles. The van der Waals surface area contributed by atoms with Crippen LogP contribution in [0.2, 0.25) is 0 Å². The van der Waals surface area contributed by atoms with Crippen molar-refractivity contribution < 1.29 is 14.6 Å². The molecule has 158 valence electrons. The standard InChI is InChI=1S/C21H22BrN3O4S/c1-4-5-9-16-24-20(26)19(30-17-11-10-13(22)12-23-17)21(27)25(16)18-14(28-2)7-6-8-15(18)29-3/h6-8,10-12,26H,4-5,9H2,1-3H3. The van der Waals surface area contributed by atoms with Gasteiger partial charge in [-0.05, 0) is 46.6 Å². The average Bonchev–Trinajstić information content (AvgIpc) is 2.76. The van der Waals surface area contributed by atoms with Gasteiger partial charge in [-0.3, -0.25) is 9.36 Å². The number of hydrogen-bond donors (Lipinski definition) is 1. The van der Waals surface area contributed by atoms with Gasteiger partial charge in [0.2, 0.25) is 5.88 Å². The maximum Gasteiger partial charge on any atom is 0.276 e. The van der Waals surface area contributed by atoms with Gasteiger partial charge in [-0.15, -0.1) is 0 Å². The van der Waals surface area contributed by atoms with Gasteiger partial charge in [0.15, 0.2) is 0 Å². The number of benzene rings is 1. The number of aryl methyl sites for hydroxylation is 1. The lowest BCUT2D eigenvalue weighted by Crippen LogP contribution is -2.26. The van der Waals surface area contributed by atoms with Crippen molar-refractivity contribution in [3.63, 3.8) is 0 Å². The van der Waals surface area contributed by atoms with Crippen LogP contribution in [0.1, 0.15) is 25.6 Å². The molecule has 0 unspecified atom stereocenters. The number of aromatic nitrogens is 3. The number of halogens is 1. The quantitative estimate of drug-likeness (QED) is 0.492. The minimum Gasteiger partial charge on any atom is -0.494 e. The Morgan fingerprint density at radius 1 is 1.17 bits per heavy atom. The third-order valence-corrected chi connectivity index (χ3v) is 5.86. The minimum atomic E-state index is -0.411. The highest BCUT2D eigenvalue weighted by atomic mass is 79.9. The summed E-state index contributed by atoms with van der Waals surface area (Å²) in [5.74, 6) is 1.07. The van der Waals surface area contributed by atoms with Crippen molar-refractivity contribution in [1.82, 2.24) is 14.5 Å². The highest BCUT2D eigenvalue weighted by Crippen LogP contribution is 2.35. The molecule has 0 saturated heterocycles. The summed E-state index contributed by atoms with van der Waals surface area (Å²) in [6.45, 7) is 2.05. The summed E-state index contributed by atoms with van der Waals surface area (Å²) < 4.78 is 13.3. The Hall–Kier alpha value is -2.52. The van der Waals surface area contributed by atoms with Crippen LogP contribution < -0.4 is 15.0 Å². The molecule has 0 fully saturated rings. The summed E-state index contributed by atoms with van der Waals surface area (Å²) in [4.78, 5) is 22.3. The third kappa shape index (κ3) is 4.62. The largest absolute Gasteiger partial charge is 0.494 e. The van der Waals surface area contributed by atoms with Gasteiger partial charge >= 0.3 is 0 Å². The molecule has 3 rings (SSSR count). The van der Waals surface area contributed by atoms with E-state index in [4.69, 9.17) is 9.47 Å². The fourth-order valence-electron chi connectivity index (χ4n) is 2.94. The SMILES string of the molecule is CCCCc1nc(O)c(Sc2ccc(Br)cn2)c(=O)n1-c1c(OC)cccc1OC. The number of methoxy groups -OCH3 is 2. The molecule has 0 amide bonds. The van der Waals surface area contributed by atoms with E-state index in [0.29, 0.717) is 34.5 Å². The molecule has 0 aliphatic heterocycles. The molecular formula is C21H22BrN3O4S. The zero-order valence-corrected chi connectivity index (χ0v) is 19.3. The van der Waals surface area contributed by atoms with E-state index in [9.17, 15) is 9.90 Å². The summed E-state index contributed by atoms with van der Waals surface area (Å²) in [5.41, 5.74) is 0.0443. The number of pyridine rings is 1. The molecule has 0 spiro atoms. The van der Waals surface area contributed by atoms with Crippen LogP contribution in [0.3, 0.4) is 0 Å². The molecule has 0 atom stereocenters. The first kappa shape index (κ1) is 22.2. The second kappa shape index (κ2) is 9.99. The monoisotopic (exact) mass is 491 g/mol. The van der Waals surface area contributed by atoms with E-state index >= 15 is 0 Å². The zero-order chi connectivity index (χ0) is 21.7. The molecule has 0 saturated carbocycles. The first-order valence-electron chi connectivity index (χ1n) is 9.35. The van der Waals surface area contributed by atoms with E-state index in [1.54, 1.807) is 30.5 Å². The Morgan fingerprint density at radius 3 is 2.43 bits per heavy atom. The van der Waals surface area contributed by atoms with Crippen LogP contribution in [-0.2, 0) is 6.42 Å². The van der Waals surface area contributed by atoms with Gasteiger partial charge in [0.25, 0.3) is 5.56 Å². The van der Waals surface area contributed by atoms with Gasteiger partial charge in [-0.2, -0.15) is 4.98 Å². The van der Waals surface area contributed by atoms with Gasteiger partial charge in [-0.1, -0.05) is 31.2 Å². The van der Waals surface area contributed by atoms with Crippen molar-refractivity contribution >= 4 is 27.7 Å². The van der Waals surface area contributed by atoms with Crippen LogP contribution in [0.4, 0.5) is 0 Å². The van der Waals surface area contributed by atoms with Crippen LogP contribution in [0, 0.1) is 0 Å². The number of ether oxygens (including phenoxy) is 2. The van der Waals surface area contributed by atoms with Crippen LogP contribution in [-0.4, -0.2) is 33.9 Å². The Labute approximate surface area is 187 Å². The third-order valence-electron chi connectivity index (χ3n) is 4.38. The Morgan fingerprint density at radius 2 is 1.87 bits per heavy atom. The highest BCUT2D eigenvalue weighted by molar-refractivity contribution is 9.10. The van der Waals surface area contributed by atoms with Crippen molar-refractivity contribution in [2.45, 2.75) is 36.1 Å². The number of unbranched alkanes of at least 4 members (excludes halogenated alkanes) is 1. The van der Waals surface area contributed by atoms with E-state index in [1.807, 2.05) is 6.07 Å². The summed E-state index contributed by atoms with van der Waals surface area (Å²) >= 11 is 4.40. The summed E-state index contributed by atoms with van der Waals surface area (Å²) in [5, 5.41) is 11.1. The van der Waals surface area contributed by atoms with E-state index in [2.05, 4.69) is 32.8 Å². The first-order valence-corrected chi connectivity index (χ1v) is 11.0. The number of hydrogen-bond acceptors (Lipinski definition) is 7. The Bertz CT molecular complexity index is 1060. The lowest BCUT2D eigenvalue weighted by molar-refractivity contribution is 0.387. The van der Waals surface area contributed by atoms with Gasteiger partial charge in [0, 0.05) is 17.1 Å². The maximum atomic E-state index is 13.6. The van der Waals surface area contributed by atoms with Crippen LogP contribution >= 0.6 is 27.7 Å². The van der Waals surface area contributed by atoms with Crippen molar-refractivity contribution in [3.8, 4) is 23.1 Å². The van der Waals surface area contributed by atoms with Crippen LogP contribution in [0.25, 0.3) is 5.69 Å². The molecule has 1 N–H and O–H groups in total. The normalized spacial score (nSPS) is 10.8. The topological polar surface area (TPSA) is 86.5 Å². The summed E-state index contributed by atoms with van der Waals surface area (Å²) in [6.07, 6.45) is 3.87. The predicted molar refractivity (Wildman–Crippen MR) is 119 cm³/mol. The van der Waals surface area contributed by atoms with Crippen molar-refractivity contribution in [2.75, 3.05) is 14.2 Å². The number of rotatable bonds is 8. The molecule has 9 heteroatoms. The maximum absolute atomic E-state index is 13.6. The summed E-state index contributed by atoms with van der Waals surface area (Å²) in [6, 6.07) is 8.87. The van der Waals surface area contributed by atoms with Crippen LogP contribution in [0.15, 0.2) is 55.7 Å². The average molecular weight is 492 g/mol. The summed E-state index contributed by atoms with van der Waals surface area (Å²) in [7, 11) is 3.06. The fraction of sp³-hybridized carbons (Fsp3) is 0.286. The zero-order valence-electron chi connectivity index (χ0n) is 16.9. The molecule has 30 heavy (non-hydrogen) atoms. The lowest BCUT2D eigenvalue weighted by atomic mass is 10.2. The second-order valence-electron chi connectivity index (χ2n) is 6.35. The molecule has 1 aromatic carbocycles. The van der Waals surface area contributed by atoms with E-state index in [0.717, 1.165) is 29.1 Å². The van der Waals surface area contributed by atoms with Gasteiger partial charge in [0.05, 0.1) is 14.2 Å². The van der Waals surface area contributed by atoms with E-state index in [1.165, 1.54) is 18.8 Å². The van der Waals surface area contributed by atoms with Crippen molar-refractivity contribution in [1.29, 1.82) is 0 Å². The highest BCUT2D eigenvalue weighted by Gasteiger charge is 2.23. The molecule has 0 aliphatic carbocycles. The molecule has 7 nitrogen and oxygen atoms in total. The Kier molecular flexibility index (Phi) is 7.38. The molecular weight excluding hydrogens is 470 g/mol. The Balaban J connectivity index is 2.25. The molecule has 3 aromatic rings. The van der Waals surface area contributed by atoms with E-state index < -0.39 is 5.56 Å². The van der Waals surface area contributed by atoms with Gasteiger partial charge < -0.3 is 14.6 Å². The lowest BCUT2D eigenvalue weighted by Gasteiger charge is -2.19. The van der Waals surface area contributed by atoms with Gasteiger partial charge in [0.1, 0.15) is 32.9 Å². The first-order chi connectivity index (χ1) is 14.5. The number of aromatic hydroxyl groups is 1. The number of nitrogens with zero attached hydrogens (tertiary/aromatic N) is 3. The van der Waals surface area contributed by atoms with E-state index in [-0.39, 0.29) is 10.8 Å². The molecule has 0 bridgehead atoms. The number of para-hydroxylation sites is 1. The van der Waals surface area contributed by atoms with Crippen molar-refractivity contribution in [3.05, 3.63) is 57.2 Å². The minimum absolute atomic E-state index is 0.0815. The van der Waals surface area contributed by atoms with Gasteiger partial charge in [-0.25, -0.2) is 4.98 Å². The molecule has 0 aliphatic rings. The molecule has 0 radical (unpaired) electrons. The predicted octanol–water partition coefficient (Wildman–Crippen LogP) is 4.61. The van der Waals surface area contributed by atoms with Crippen LogP contribution in [0.5, 0.6) is 17.4 Å².